The molecule has 1 aliphatic heterocycles. The monoisotopic (exact) mass is 662 g/mol. The maximum Gasteiger partial charge on any atom is 0.209 e. The molecule has 0 aliphatic carbocycles. The average Bonchev–Trinajstić information content (AvgIpc) is 3.57. The van der Waals surface area contributed by atoms with Gasteiger partial charge in [0.2, 0.25) is 9.84 Å². The second-order valence-electron chi connectivity index (χ2n) is 12.4. The highest BCUT2D eigenvalue weighted by Crippen LogP contribution is 2.54. The van der Waals surface area contributed by atoms with Gasteiger partial charge in [-0.15, -0.1) is 11.3 Å². The Morgan fingerprint density at radius 3 is 1.38 bits per heavy atom. The van der Waals surface area contributed by atoms with Gasteiger partial charge in [0, 0.05) is 49.8 Å². The zero-order valence-corrected chi connectivity index (χ0v) is 28.9. The Hall–Kier alpha value is -5.17. The van der Waals surface area contributed by atoms with Crippen LogP contribution in [-0.2, 0) is 9.84 Å². The highest BCUT2D eigenvalue weighted by Gasteiger charge is 2.38. The van der Waals surface area contributed by atoms with Crippen molar-refractivity contribution in [3.63, 3.8) is 0 Å². The summed E-state index contributed by atoms with van der Waals surface area (Å²) in [6, 6.07) is 45.2. The molecule has 0 saturated carbocycles. The number of sulfone groups is 1. The largest absolute Gasteiger partial charge is 0.310 e. The van der Waals surface area contributed by atoms with Crippen molar-refractivity contribution in [2.24, 2.45) is 0 Å². The quantitative estimate of drug-likeness (QED) is 0.178. The first-order valence-electron chi connectivity index (χ1n) is 16.0. The lowest BCUT2D eigenvalue weighted by atomic mass is 10.1. The molecule has 6 heteroatoms. The Bertz CT molecular complexity index is 2410. The fourth-order valence-corrected chi connectivity index (χ4v) is 10.4. The van der Waals surface area contributed by atoms with E-state index in [1.54, 1.807) is 11.3 Å². The fraction of sp³-hybridized carbons (Fsp3) is 0.0952. The molecule has 0 spiro atoms. The van der Waals surface area contributed by atoms with E-state index in [1.807, 2.05) is 42.5 Å². The highest BCUT2D eigenvalue weighted by molar-refractivity contribution is 7.92. The van der Waals surface area contributed by atoms with Gasteiger partial charge in [-0.25, -0.2) is 8.42 Å². The van der Waals surface area contributed by atoms with Crippen LogP contribution < -0.4 is 9.80 Å². The Morgan fingerprint density at radius 2 is 0.917 bits per heavy atom. The van der Waals surface area contributed by atoms with E-state index in [4.69, 9.17) is 0 Å². The fourth-order valence-electron chi connectivity index (χ4n) is 6.89. The van der Waals surface area contributed by atoms with Crippen molar-refractivity contribution in [1.29, 1.82) is 0 Å². The van der Waals surface area contributed by atoms with E-state index in [9.17, 15) is 8.42 Å². The molecule has 0 bridgehead atoms. The molecule has 0 N–H and O–H groups in total. The van der Waals surface area contributed by atoms with Crippen LogP contribution in [-0.4, -0.2) is 8.42 Å². The number of hydrogen-bond acceptors (Lipinski definition) is 5. The Balaban J connectivity index is 1.28. The predicted molar refractivity (Wildman–Crippen MR) is 201 cm³/mol. The van der Waals surface area contributed by atoms with Crippen LogP contribution in [0.1, 0.15) is 22.3 Å². The van der Waals surface area contributed by atoms with Crippen LogP contribution in [0.25, 0.3) is 20.5 Å². The maximum absolute atomic E-state index is 14.5. The standard InChI is InChI=1S/C42H34N2O2S2/c1-27-13-5-9-17-35(27)43(36-18-10-6-14-28(36)2)31-21-23-33-39(25-31)47-41-34-24-22-32(26-40(34)48(45,46)42(33)41)44(37-19-11-7-15-29(37)3)38-20-12-8-16-30(38)4/h5-26H,1-4H3. The van der Waals surface area contributed by atoms with Crippen molar-refractivity contribution in [3.8, 4) is 10.4 Å². The number of para-hydroxylation sites is 4. The molecule has 7 aromatic rings. The van der Waals surface area contributed by atoms with E-state index in [0.717, 1.165) is 76.9 Å². The van der Waals surface area contributed by atoms with Crippen LogP contribution in [0.5, 0.6) is 0 Å². The molecule has 0 saturated heterocycles. The third-order valence-electron chi connectivity index (χ3n) is 9.34. The first-order valence-corrected chi connectivity index (χ1v) is 18.3. The molecule has 8 rings (SSSR count). The summed E-state index contributed by atoms with van der Waals surface area (Å²) >= 11 is 1.55. The summed E-state index contributed by atoms with van der Waals surface area (Å²) in [6.45, 7) is 8.41. The minimum absolute atomic E-state index is 0.362. The summed E-state index contributed by atoms with van der Waals surface area (Å²) in [7, 11) is -3.77. The van der Waals surface area contributed by atoms with Crippen molar-refractivity contribution in [3.05, 3.63) is 156 Å². The Kier molecular flexibility index (Phi) is 7.24. The van der Waals surface area contributed by atoms with Gasteiger partial charge < -0.3 is 9.80 Å². The van der Waals surface area contributed by atoms with Crippen LogP contribution in [0.15, 0.2) is 143 Å². The van der Waals surface area contributed by atoms with E-state index in [2.05, 4.69) is 128 Å². The molecular formula is C42H34N2O2S2. The van der Waals surface area contributed by atoms with Gasteiger partial charge in [-0.2, -0.15) is 0 Å². The summed E-state index contributed by atoms with van der Waals surface area (Å²) in [6.07, 6.45) is 0. The predicted octanol–water partition coefficient (Wildman–Crippen LogP) is 11.9. The van der Waals surface area contributed by atoms with Crippen molar-refractivity contribution in [2.45, 2.75) is 37.5 Å². The Labute approximate surface area is 286 Å². The van der Waals surface area contributed by atoms with Gasteiger partial charge in [0.1, 0.15) is 0 Å². The van der Waals surface area contributed by atoms with Crippen molar-refractivity contribution >= 4 is 65.4 Å². The van der Waals surface area contributed by atoms with E-state index in [0.29, 0.717) is 9.79 Å². The van der Waals surface area contributed by atoms with E-state index < -0.39 is 9.84 Å². The van der Waals surface area contributed by atoms with Gasteiger partial charge in [-0.3, -0.25) is 0 Å². The minimum Gasteiger partial charge on any atom is -0.310 e. The molecule has 0 fully saturated rings. The lowest BCUT2D eigenvalue weighted by Gasteiger charge is -2.28. The molecule has 48 heavy (non-hydrogen) atoms. The number of benzene rings is 6. The van der Waals surface area contributed by atoms with Crippen molar-refractivity contribution < 1.29 is 8.42 Å². The molecule has 6 aromatic carbocycles. The summed E-state index contributed by atoms with van der Waals surface area (Å²) in [5.41, 5.74) is 11.3. The number of nitrogens with zero attached hydrogens (tertiary/aromatic N) is 2. The van der Waals surface area contributed by atoms with E-state index in [-0.39, 0.29) is 0 Å². The number of anilines is 6. The first-order chi connectivity index (χ1) is 23.2. The third-order valence-corrected chi connectivity index (χ3v) is 12.5. The number of thiophene rings is 1. The molecular weight excluding hydrogens is 629 g/mol. The van der Waals surface area contributed by atoms with E-state index in [1.165, 1.54) is 0 Å². The zero-order valence-electron chi connectivity index (χ0n) is 27.2. The molecule has 1 aromatic heterocycles. The van der Waals surface area contributed by atoms with Gasteiger partial charge in [0.25, 0.3) is 0 Å². The summed E-state index contributed by atoms with van der Waals surface area (Å²) in [5.74, 6) is 0. The smallest absolute Gasteiger partial charge is 0.209 e. The lowest BCUT2D eigenvalue weighted by molar-refractivity contribution is 0.599. The second-order valence-corrected chi connectivity index (χ2v) is 15.3. The van der Waals surface area contributed by atoms with Gasteiger partial charge in [0.05, 0.1) is 14.7 Å². The van der Waals surface area contributed by atoms with Crippen molar-refractivity contribution in [2.75, 3.05) is 9.80 Å². The first kappa shape index (κ1) is 30.2. The number of hydrogen-bond donors (Lipinski definition) is 0. The number of rotatable bonds is 6. The molecule has 236 valence electrons. The van der Waals surface area contributed by atoms with Crippen LogP contribution >= 0.6 is 11.3 Å². The molecule has 4 nitrogen and oxygen atoms in total. The van der Waals surface area contributed by atoms with Crippen LogP contribution in [0.3, 0.4) is 0 Å². The summed E-state index contributed by atoms with van der Waals surface area (Å²) in [4.78, 5) is 6.03. The van der Waals surface area contributed by atoms with Crippen LogP contribution in [0.2, 0.25) is 0 Å². The molecule has 2 heterocycles. The Morgan fingerprint density at radius 1 is 0.500 bits per heavy atom. The van der Waals surface area contributed by atoms with Gasteiger partial charge in [-0.05, 0) is 98.5 Å². The molecule has 1 aliphatic rings. The summed E-state index contributed by atoms with van der Waals surface area (Å²) in [5, 5.41) is 0.765. The van der Waals surface area contributed by atoms with Gasteiger partial charge in [0.15, 0.2) is 0 Å². The lowest BCUT2D eigenvalue weighted by Crippen LogP contribution is -2.13. The SMILES string of the molecule is Cc1ccccc1N(c1ccc2c(c1)S(=O)(=O)c1c-2sc2cc(N(c3ccccc3C)c3ccccc3C)ccc12)c1ccccc1C. The maximum atomic E-state index is 14.5. The molecule has 0 unspecified atom stereocenters. The third kappa shape index (κ3) is 4.75. The van der Waals surface area contributed by atoms with Crippen LogP contribution in [0, 0.1) is 27.7 Å². The average molecular weight is 663 g/mol. The highest BCUT2D eigenvalue weighted by atomic mass is 32.2. The minimum atomic E-state index is -3.77. The van der Waals surface area contributed by atoms with Crippen LogP contribution in [0.4, 0.5) is 34.1 Å². The van der Waals surface area contributed by atoms with Gasteiger partial charge in [-0.1, -0.05) is 84.9 Å². The molecule has 0 radical (unpaired) electrons. The molecule has 0 amide bonds. The normalized spacial score (nSPS) is 12.9. The topological polar surface area (TPSA) is 40.6 Å². The zero-order chi connectivity index (χ0) is 33.2. The molecule has 0 atom stereocenters. The second kappa shape index (κ2) is 11.5. The number of aryl methyl sites for hydroxylation is 4. The van der Waals surface area contributed by atoms with Gasteiger partial charge >= 0.3 is 0 Å². The van der Waals surface area contributed by atoms with Crippen molar-refractivity contribution in [1.82, 2.24) is 0 Å². The van der Waals surface area contributed by atoms with E-state index >= 15 is 0 Å². The summed E-state index contributed by atoms with van der Waals surface area (Å²) < 4.78 is 29.9. The number of fused-ring (bicyclic) bond motifs is 5.